The largest absolute Gasteiger partial charge is 0.395 e. The molecule has 0 unspecified atom stereocenters. The van der Waals surface area contributed by atoms with Crippen LogP contribution in [0.15, 0.2) is 18.3 Å². The van der Waals surface area contributed by atoms with E-state index in [-0.39, 0.29) is 6.61 Å². The van der Waals surface area contributed by atoms with Crippen LogP contribution < -0.4 is 5.32 Å². The highest BCUT2D eigenvalue weighted by Crippen LogP contribution is 2.23. The lowest BCUT2D eigenvalue weighted by molar-refractivity contribution is 0.116. The van der Waals surface area contributed by atoms with Gasteiger partial charge in [0.2, 0.25) is 0 Å². The molecule has 0 spiro atoms. The van der Waals surface area contributed by atoms with Gasteiger partial charge in [0.15, 0.2) is 0 Å². The average molecular weight is 277 g/mol. The lowest BCUT2D eigenvalue weighted by Crippen LogP contribution is -2.38. The number of nitrogens with zero attached hydrogens (tertiary/aromatic N) is 2. The zero-order valence-corrected chi connectivity index (χ0v) is 12.5. The van der Waals surface area contributed by atoms with Gasteiger partial charge in [-0.1, -0.05) is 19.3 Å². The van der Waals surface area contributed by atoms with E-state index in [0.29, 0.717) is 6.04 Å². The topological polar surface area (TPSA) is 48.4 Å². The van der Waals surface area contributed by atoms with Gasteiger partial charge in [-0.05, 0) is 31.9 Å². The molecular weight excluding hydrogens is 250 g/mol. The summed E-state index contributed by atoms with van der Waals surface area (Å²) in [6.07, 6.45) is 8.37. The molecule has 0 saturated heterocycles. The van der Waals surface area contributed by atoms with Gasteiger partial charge in [-0.2, -0.15) is 0 Å². The molecule has 1 aliphatic rings. The second-order valence-electron chi connectivity index (χ2n) is 5.55. The van der Waals surface area contributed by atoms with Crippen LogP contribution in [-0.2, 0) is 6.54 Å². The highest BCUT2D eigenvalue weighted by Gasteiger charge is 2.21. The van der Waals surface area contributed by atoms with Crippen molar-refractivity contribution in [1.82, 2.24) is 9.88 Å². The number of aliphatic hydroxyl groups excluding tert-OH is 1. The van der Waals surface area contributed by atoms with Crippen molar-refractivity contribution in [2.75, 3.05) is 25.0 Å². The SMILES string of the molecule is CCNc1ccnc(CN(CCO)C2CCCCC2)c1. The molecule has 0 radical (unpaired) electrons. The van der Waals surface area contributed by atoms with E-state index in [1.54, 1.807) is 0 Å². The van der Waals surface area contributed by atoms with E-state index in [9.17, 15) is 5.11 Å². The van der Waals surface area contributed by atoms with Gasteiger partial charge in [-0.15, -0.1) is 0 Å². The predicted octanol–water partition coefficient (Wildman–Crippen LogP) is 2.64. The Bertz CT molecular complexity index is 391. The molecule has 0 aromatic carbocycles. The number of hydrogen-bond acceptors (Lipinski definition) is 4. The van der Waals surface area contributed by atoms with Crippen LogP contribution >= 0.6 is 0 Å². The van der Waals surface area contributed by atoms with Crippen LogP contribution in [0.5, 0.6) is 0 Å². The monoisotopic (exact) mass is 277 g/mol. The van der Waals surface area contributed by atoms with Crippen molar-refractivity contribution >= 4 is 5.69 Å². The molecule has 2 N–H and O–H groups in total. The molecule has 0 atom stereocenters. The van der Waals surface area contributed by atoms with Crippen molar-refractivity contribution in [2.24, 2.45) is 0 Å². The summed E-state index contributed by atoms with van der Waals surface area (Å²) in [5, 5.41) is 12.6. The summed E-state index contributed by atoms with van der Waals surface area (Å²) in [6.45, 7) is 4.83. The van der Waals surface area contributed by atoms with Crippen LogP contribution in [0, 0.1) is 0 Å². The Hall–Kier alpha value is -1.13. The summed E-state index contributed by atoms with van der Waals surface area (Å²) in [7, 11) is 0. The minimum Gasteiger partial charge on any atom is -0.395 e. The van der Waals surface area contributed by atoms with Crippen molar-refractivity contribution in [3.63, 3.8) is 0 Å². The second kappa shape index (κ2) is 8.22. The Morgan fingerprint density at radius 3 is 2.85 bits per heavy atom. The molecule has 1 aromatic rings. The van der Waals surface area contributed by atoms with E-state index in [0.717, 1.165) is 31.0 Å². The molecule has 4 nitrogen and oxygen atoms in total. The van der Waals surface area contributed by atoms with Crippen molar-refractivity contribution in [1.29, 1.82) is 0 Å². The van der Waals surface area contributed by atoms with Crippen LogP contribution in [0.25, 0.3) is 0 Å². The molecule has 0 amide bonds. The van der Waals surface area contributed by atoms with E-state index in [1.165, 1.54) is 32.1 Å². The second-order valence-corrected chi connectivity index (χ2v) is 5.55. The van der Waals surface area contributed by atoms with E-state index in [4.69, 9.17) is 0 Å². The number of aliphatic hydroxyl groups is 1. The smallest absolute Gasteiger partial charge is 0.0564 e. The number of anilines is 1. The fraction of sp³-hybridized carbons (Fsp3) is 0.688. The van der Waals surface area contributed by atoms with E-state index < -0.39 is 0 Å². The van der Waals surface area contributed by atoms with Gasteiger partial charge in [0.25, 0.3) is 0 Å². The van der Waals surface area contributed by atoms with Crippen molar-refractivity contribution in [3.8, 4) is 0 Å². The van der Waals surface area contributed by atoms with E-state index in [1.807, 2.05) is 12.3 Å². The fourth-order valence-electron chi connectivity index (χ4n) is 3.05. The third-order valence-corrected chi connectivity index (χ3v) is 4.04. The minimum atomic E-state index is 0.226. The van der Waals surface area contributed by atoms with Gasteiger partial charge in [0.1, 0.15) is 0 Å². The van der Waals surface area contributed by atoms with Gasteiger partial charge in [-0.3, -0.25) is 9.88 Å². The van der Waals surface area contributed by atoms with Crippen molar-refractivity contribution in [2.45, 2.75) is 51.6 Å². The van der Waals surface area contributed by atoms with Crippen LogP contribution in [0.2, 0.25) is 0 Å². The van der Waals surface area contributed by atoms with Gasteiger partial charge in [-0.25, -0.2) is 0 Å². The standard InChI is InChI=1S/C16H27N3O/c1-2-17-14-8-9-18-15(12-14)13-19(10-11-20)16-6-4-3-5-7-16/h8-9,12,16,20H,2-7,10-11,13H2,1H3,(H,17,18). The predicted molar refractivity (Wildman–Crippen MR) is 82.8 cm³/mol. The Kier molecular flexibility index (Phi) is 6.27. The van der Waals surface area contributed by atoms with Gasteiger partial charge >= 0.3 is 0 Å². The summed E-state index contributed by atoms with van der Waals surface area (Å²) < 4.78 is 0. The normalized spacial score (nSPS) is 16.6. The zero-order valence-electron chi connectivity index (χ0n) is 12.5. The molecule has 112 valence electrons. The summed E-state index contributed by atoms with van der Waals surface area (Å²) >= 11 is 0. The summed E-state index contributed by atoms with van der Waals surface area (Å²) in [5.41, 5.74) is 2.22. The number of rotatable bonds is 7. The first-order valence-corrected chi connectivity index (χ1v) is 7.87. The first kappa shape index (κ1) is 15.3. The first-order valence-electron chi connectivity index (χ1n) is 7.87. The molecule has 2 rings (SSSR count). The van der Waals surface area contributed by atoms with Crippen LogP contribution in [0.3, 0.4) is 0 Å². The van der Waals surface area contributed by atoms with Crippen molar-refractivity contribution in [3.05, 3.63) is 24.0 Å². The quantitative estimate of drug-likeness (QED) is 0.804. The van der Waals surface area contributed by atoms with Crippen LogP contribution in [0.1, 0.15) is 44.7 Å². The highest BCUT2D eigenvalue weighted by molar-refractivity contribution is 5.42. The lowest BCUT2D eigenvalue weighted by atomic mass is 9.94. The lowest BCUT2D eigenvalue weighted by Gasteiger charge is -2.33. The molecule has 0 aliphatic heterocycles. The summed E-state index contributed by atoms with van der Waals surface area (Å²) in [5.74, 6) is 0. The maximum atomic E-state index is 9.31. The van der Waals surface area contributed by atoms with E-state index in [2.05, 4.69) is 28.2 Å². The number of hydrogen-bond donors (Lipinski definition) is 2. The number of pyridine rings is 1. The summed E-state index contributed by atoms with van der Waals surface area (Å²) in [4.78, 5) is 6.88. The Morgan fingerprint density at radius 2 is 2.15 bits per heavy atom. The Balaban J connectivity index is 2.00. The maximum absolute atomic E-state index is 9.31. The molecule has 1 saturated carbocycles. The number of nitrogens with one attached hydrogen (secondary N) is 1. The molecule has 1 fully saturated rings. The third-order valence-electron chi connectivity index (χ3n) is 4.04. The highest BCUT2D eigenvalue weighted by atomic mass is 16.3. The van der Waals surface area contributed by atoms with Crippen molar-refractivity contribution < 1.29 is 5.11 Å². The van der Waals surface area contributed by atoms with Gasteiger partial charge in [0, 0.05) is 37.6 Å². The molecule has 1 aliphatic carbocycles. The number of aromatic nitrogens is 1. The Morgan fingerprint density at radius 1 is 1.35 bits per heavy atom. The zero-order chi connectivity index (χ0) is 14.2. The summed E-state index contributed by atoms with van der Waals surface area (Å²) in [6, 6.07) is 4.74. The molecule has 0 bridgehead atoms. The maximum Gasteiger partial charge on any atom is 0.0564 e. The Labute approximate surface area is 122 Å². The molecule has 1 heterocycles. The van der Waals surface area contributed by atoms with Crippen LogP contribution in [0.4, 0.5) is 5.69 Å². The molecule has 4 heteroatoms. The van der Waals surface area contributed by atoms with E-state index >= 15 is 0 Å². The molecule has 20 heavy (non-hydrogen) atoms. The minimum absolute atomic E-state index is 0.226. The van der Waals surface area contributed by atoms with Crippen LogP contribution in [-0.4, -0.2) is 40.7 Å². The molecular formula is C16H27N3O. The van der Waals surface area contributed by atoms with Gasteiger partial charge in [0.05, 0.1) is 12.3 Å². The average Bonchev–Trinajstić information content (AvgIpc) is 2.48. The molecule has 1 aromatic heterocycles. The third kappa shape index (κ3) is 4.46. The first-order chi connectivity index (χ1) is 9.83. The fourth-order valence-corrected chi connectivity index (χ4v) is 3.05. The van der Waals surface area contributed by atoms with Gasteiger partial charge < -0.3 is 10.4 Å².